The molecule has 66 valence electrons. The third kappa shape index (κ3) is 1.42. The van der Waals surface area contributed by atoms with Crippen molar-refractivity contribution in [1.82, 2.24) is 9.97 Å². The van der Waals surface area contributed by atoms with Crippen LogP contribution in [0.2, 0.25) is 5.02 Å². The number of halogens is 1. The summed E-state index contributed by atoms with van der Waals surface area (Å²) < 4.78 is 4.95. The quantitative estimate of drug-likeness (QED) is 0.699. The van der Waals surface area contributed by atoms with Gasteiger partial charge in [-0.2, -0.15) is 0 Å². The lowest BCUT2D eigenvalue weighted by molar-refractivity contribution is 0.397. The Morgan fingerprint density at radius 1 is 1.38 bits per heavy atom. The number of rotatable bonds is 1. The largest absolute Gasteiger partial charge is 0.480 e. The van der Waals surface area contributed by atoms with Crippen molar-refractivity contribution in [1.29, 1.82) is 0 Å². The molecule has 1 aromatic heterocycles. The van der Waals surface area contributed by atoms with E-state index in [4.69, 9.17) is 16.3 Å². The molecule has 0 bridgehead atoms. The minimum atomic E-state index is 0.495. The van der Waals surface area contributed by atoms with Crippen molar-refractivity contribution >= 4 is 22.6 Å². The SMILES string of the molecule is COc1cnc2c(Cl)cccc2n1. The first-order chi connectivity index (χ1) is 6.31. The fourth-order valence-corrected chi connectivity index (χ4v) is 1.31. The van der Waals surface area contributed by atoms with Gasteiger partial charge in [0, 0.05) is 0 Å². The summed E-state index contributed by atoms with van der Waals surface area (Å²) in [5.41, 5.74) is 1.44. The molecule has 0 fully saturated rings. The molecule has 2 rings (SSSR count). The Morgan fingerprint density at radius 2 is 2.23 bits per heavy atom. The summed E-state index contributed by atoms with van der Waals surface area (Å²) in [4.78, 5) is 8.32. The Labute approximate surface area is 80.3 Å². The minimum absolute atomic E-state index is 0.495. The van der Waals surface area contributed by atoms with Gasteiger partial charge in [0.1, 0.15) is 5.52 Å². The second-order valence-corrected chi connectivity index (χ2v) is 2.93. The topological polar surface area (TPSA) is 35.0 Å². The monoisotopic (exact) mass is 194 g/mol. The molecule has 0 radical (unpaired) electrons. The van der Waals surface area contributed by atoms with Crippen molar-refractivity contribution in [2.24, 2.45) is 0 Å². The van der Waals surface area contributed by atoms with Crippen LogP contribution in [0.25, 0.3) is 11.0 Å². The number of benzene rings is 1. The Bertz CT molecular complexity index is 445. The highest BCUT2D eigenvalue weighted by atomic mass is 35.5. The Morgan fingerprint density at radius 3 is 3.00 bits per heavy atom. The van der Waals surface area contributed by atoms with Crippen LogP contribution < -0.4 is 4.74 Å². The molecule has 0 N–H and O–H groups in total. The van der Waals surface area contributed by atoms with E-state index < -0.39 is 0 Å². The van der Waals surface area contributed by atoms with Gasteiger partial charge in [-0.15, -0.1) is 0 Å². The van der Waals surface area contributed by atoms with Crippen LogP contribution in [-0.4, -0.2) is 17.1 Å². The fourth-order valence-electron chi connectivity index (χ4n) is 1.09. The van der Waals surface area contributed by atoms with E-state index in [0.717, 1.165) is 5.52 Å². The van der Waals surface area contributed by atoms with Gasteiger partial charge in [-0.3, -0.25) is 0 Å². The third-order valence-corrected chi connectivity index (χ3v) is 2.01. The van der Waals surface area contributed by atoms with Crippen LogP contribution in [0.5, 0.6) is 5.88 Å². The highest BCUT2D eigenvalue weighted by molar-refractivity contribution is 6.34. The van der Waals surface area contributed by atoms with Crippen LogP contribution >= 0.6 is 11.6 Å². The number of hydrogen-bond acceptors (Lipinski definition) is 3. The van der Waals surface area contributed by atoms with Crippen LogP contribution in [0.3, 0.4) is 0 Å². The van der Waals surface area contributed by atoms with E-state index in [-0.39, 0.29) is 0 Å². The molecule has 0 saturated carbocycles. The van der Waals surface area contributed by atoms with Gasteiger partial charge >= 0.3 is 0 Å². The Balaban J connectivity index is 2.72. The normalized spacial score (nSPS) is 10.3. The van der Waals surface area contributed by atoms with Gasteiger partial charge in [0.2, 0.25) is 5.88 Å². The van der Waals surface area contributed by atoms with Crippen molar-refractivity contribution < 1.29 is 4.74 Å². The molecule has 0 unspecified atom stereocenters. The lowest BCUT2D eigenvalue weighted by atomic mass is 10.3. The maximum absolute atomic E-state index is 5.91. The summed E-state index contributed by atoms with van der Waals surface area (Å²) in [5, 5.41) is 0.604. The second-order valence-electron chi connectivity index (χ2n) is 2.52. The van der Waals surface area contributed by atoms with E-state index in [1.54, 1.807) is 19.4 Å². The molecule has 1 aromatic carbocycles. The van der Waals surface area contributed by atoms with Crippen molar-refractivity contribution in [3.63, 3.8) is 0 Å². The molecule has 0 amide bonds. The zero-order valence-corrected chi connectivity index (χ0v) is 7.75. The molecule has 3 nitrogen and oxygen atoms in total. The predicted molar refractivity (Wildman–Crippen MR) is 51.1 cm³/mol. The first kappa shape index (κ1) is 8.26. The van der Waals surface area contributed by atoms with Gasteiger partial charge in [-0.05, 0) is 12.1 Å². The average Bonchev–Trinajstić information content (AvgIpc) is 2.18. The van der Waals surface area contributed by atoms with Crippen molar-refractivity contribution in [2.45, 2.75) is 0 Å². The molecule has 13 heavy (non-hydrogen) atoms. The standard InChI is InChI=1S/C9H7ClN2O/c1-13-8-5-11-9-6(10)3-2-4-7(9)12-8/h2-5H,1H3. The summed E-state index contributed by atoms with van der Waals surface area (Å²) in [6, 6.07) is 5.46. The van der Waals surface area contributed by atoms with E-state index in [1.807, 2.05) is 12.1 Å². The van der Waals surface area contributed by atoms with Gasteiger partial charge in [0.15, 0.2) is 0 Å². The fraction of sp³-hybridized carbons (Fsp3) is 0.111. The van der Waals surface area contributed by atoms with Crippen LogP contribution in [-0.2, 0) is 0 Å². The number of methoxy groups -OCH3 is 1. The summed E-state index contributed by atoms with van der Waals surface area (Å²) in [7, 11) is 1.56. The highest BCUT2D eigenvalue weighted by Crippen LogP contribution is 2.20. The van der Waals surface area contributed by atoms with E-state index in [9.17, 15) is 0 Å². The summed E-state index contributed by atoms with van der Waals surface area (Å²) in [5.74, 6) is 0.495. The summed E-state index contributed by atoms with van der Waals surface area (Å²) >= 11 is 5.91. The van der Waals surface area contributed by atoms with Crippen LogP contribution in [0.15, 0.2) is 24.4 Å². The smallest absolute Gasteiger partial charge is 0.232 e. The lowest BCUT2D eigenvalue weighted by Gasteiger charge is -2.00. The number of fused-ring (bicyclic) bond motifs is 1. The molecule has 0 aliphatic heterocycles. The highest BCUT2D eigenvalue weighted by Gasteiger charge is 2.01. The maximum atomic E-state index is 5.91. The number of ether oxygens (including phenoxy) is 1. The predicted octanol–water partition coefficient (Wildman–Crippen LogP) is 2.29. The number of aromatic nitrogens is 2. The zero-order chi connectivity index (χ0) is 9.26. The number of hydrogen-bond donors (Lipinski definition) is 0. The molecule has 0 aliphatic carbocycles. The first-order valence-electron chi connectivity index (χ1n) is 3.76. The van der Waals surface area contributed by atoms with E-state index in [2.05, 4.69) is 9.97 Å². The molecule has 1 heterocycles. The summed E-state index contributed by atoms with van der Waals surface area (Å²) in [6.07, 6.45) is 1.55. The van der Waals surface area contributed by atoms with E-state index in [1.165, 1.54) is 0 Å². The molecule has 4 heteroatoms. The van der Waals surface area contributed by atoms with Crippen molar-refractivity contribution in [3.8, 4) is 5.88 Å². The molecular formula is C9H7ClN2O. The molecule has 0 aliphatic rings. The lowest BCUT2D eigenvalue weighted by Crippen LogP contribution is -1.90. The van der Waals surface area contributed by atoms with Crippen molar-refractivity contribution in [2.75, 3.05) is 7.11 Å². The Kier molecular flexibility index (Phi) is 2.02. The number of para-hydroxylation sites is 1. The maximum Gasteiger partial charge on any atom is 0.232 e. The first-order valence-corrected chi connectivity index (χ1v) is 4.14. The van der Waals surface area contributed by atoms with Crippen LogP contribution in [0.1, 0.15) is 0 Å². The average molecular weight is 195 g/mol. The zero-order valence-electron chi connectivity index (χ0n) is 6.99. The van der Waals surface area contributed by atoms with Gasteiger partial charge in [-0.25, -0.2) is 9.97 Å². The van der Waals surface area contributed by atoms with Crippen LogP contribution in [0.4, 0.5) is 0 Å². The van der Waals surface area contributed by atoms with Crippen LogP contribution in [0, 0.1) is 0 Å². The molecule has 2 aromatic rings. The van der Waals surface area contributed by atoms with E-state index >= 15 is 0 Å². The molecular weight excluding hydrogens is 188 g/mol. The van der Waals surface area contributed by atoms with Gasteiger partial charge in [0.05, 0.1) is 23.8 Å². The second kappa shape index (κ2) is 3.18. The molecule has 0 saturated heterocycles. The van der Waals surface area contributed by atoms with Gasteiger partial charge in [-0.1, -0.05) is 17.7 Å². The van der Waals surface area contributed by atoms with Gasteiger partial charge in [0.25, 0.3) is 0 Å². The summed E-state index contributed by atoms with van der Waals surface area (Å²) in [6.45, 7) is 0. The third-order valence-electron chi connectivity index (χ3n) is 1.71. The van der Waals surface area contributed by atoms with Gasteiger partial charge < -0.3 is 4.74 Å². The van der Waals surface area contributed by atoms with Crippen molar-refractivity contribution in [3.05, 3.63) is 29.4 Å². The van der Waals surface area contributed by atoms with E-state index in [0.29, 0.717) is 16.4 Å². The molecule has 0 atom stereocenters. The minimum Gasteiger partial charge on any atom is -0.480 e. The Hall–Kier alpha value is -1.35. The number of nitrogens with zero attached hydrogens (tertiary/aromatic N) is 2. The molecule has 0 spiro atoms.